The number of fused-ring (bicyclic) bond motifs is 2. The number of furan rings is 1. The second kappa shape index (κ2) is 7.55. The van der Waals surface area contributed by atoms with E-state index in [2.05, 4.69) is 0 Å². The summed E-state index contributed by atoms with van der Waals surface area (Å²) in [7, 11) is 0. The molecule has 1 aliphatic carbocycles. The molecule has 1 amide bonds. The van der Waals surface area contributed by atoms with E-state index in [0.717, 1.165) is 25.7 Å². The average molecular weight is 443 g/mol. The minimum absolute atomic E-state index is 0.00313. The van der Waals surface area contributed by atoms with E-state index >= 15 is 0 Å². The Bertz CT molecular complexity index is 1310. The lowest BCUT2D eigenvalue weighted by molar-refractivity contribution is -0.132. The van der Waals surface area contributed by atoms with Crippen LogP contribution < -0.4 is 14.4 Å². The monoisotopic (exact) mass is 443 g/mol. The number of aryl methyl sites for hydroxylation is 2. The van der Waals surface area contributed by atoms with E-state index in [9.17, 15) is 14.7 Å². The molecule has 7 heteroatoms. The fourth-order valence-corrected chi connectivity index (χ4v) is 4.89. The molecule has 7 nitrogen and oxygen atoms in total. The molecule has 1 N–H and O–H groups in total. The number of nitrogens with zero attached hydrogens (tertiary/aromatic N) is 1. The molecule has 0 saturated carbocycles. The Hall–Kier alpha value is -4.00. The van der Waals surface area contributed by atoms with E-state index in [1.807, 2.05) is 18.2 Å². The zero-order valence-electron chi connectivity index (χ0n) is 17.7. The molecular formula is C26H21NO6. The number of Topliss-reactive ketones (excluding diaryl/α,β-unsaturated/α-hetero) is 1. The number of ketones is 1. The average Bonchev–Trinajstić information content (AvgIpc) is 3.58. The zero-order chi connectivity index (χ0) is 22.5. The third-order valence-electron chi connectivity index (χ3n) is 6.51. The van der Waals surface area contributed by atoms with Crippen LogP contribution in [-0.4, -0.2) is 23.6 Å². The molecule has 166 valence electrons. The third kappa shape index (κ3) is 3.11. The first-order valence-corrected chi connectivity index (χ1v) is 11.0. The summed E-state index contributed by atoms with van der Waals surface area (Å²) in [5.41, 5.74) is 3.41. The molecule has 0 spiro atoms. The topological polar surface area (TPSA) is 89.2 Å². The highest BCUT2D eigenvalue weighted by Crippen LogP contribution is 2.45. The van der Waals surface area contributed by atoms with Crippen LogP contribution in [-0.2, 0) is 22.4 Å². The highest BCUT2D eigenvalue weighted by molar-refractivity contribution is 6.51. The molecule has 1 fully saturated rings. The second-order valence-electron chi connectivity index (χ2n) is 8.41. The minimum atomic E-state index is -0.906. The van der Waals surface area contributed by atoms with Crippen LogP contribution in [0.2, 0.25) is 0 Å². The van der Waals surface area contributed by atoms with Crippen molar-refractivity contribution in [2.75, 3.05) is 11.7 Å². The van der Waals surface area contributed by atoms with Gasteiger partial charge in [0.05, 0.1) is 11.8 Å². The highest BCUT2D eigenvalue weighted by Gasteiger charge is 2.48. The van der Waals surface area contributed by atoms with Crippen molar-refractivity contribution < 1.29 is 28.6 Å². The van der Waals surface area contributed by atoms with Crippen molar-refractivity contribution in [3.05, 3.63) is 82.8 Å². The quantitative estimate of drug-likeness (QED) is 0.364. The van der Waals surface area contributed by atoms with Gasteiger partial charge in [-0.1, -0.05) is 12.1 Å². The number of rotatable bonds is 3. The third-order valence-corrected chi connectivity index (χ3v) is 6.51. The fourth-order valence-electron chi connectivity index (χ4n) is 4.89. The van der Waals surface area contributed by atoms with Gasteiger partial charge in [-0.2, -0.15) is 0 Å². The Morgan fingerprint density at radius 2 is 1.76 bits per heavy atom. The lowest BCUT2D eigenvalue weighted by atomic mass is 9.89. The van der Waals surface area contributed by atoms with Crippen LogP contribution in [0.25, 0.3) is 5.76 Å². The fraction of sp³-hybridized carbons (Fsp3) is 0.231. The van der Waals surface area contributed by atoms with Crippen LogP contribution >= 0.6 is 0 Å². The molecule has 1 aromatic heterocycles. The number of aliphatic hydroxyl groups excluding tert-OH is 1. The largest absolute Gasteiger partial charge is 0.507 e. The standard InChI is InChI=1S/C26H21NO6/c28-24(17-8-7-15-4-1-2-5-16(15)12-17)22-23(20-6-3-11-31-20)27(26(30)25(22)29)18-9-10-19-21(13-18)33-14-32-19/h3,6-13,23,28H,1-2,4-5,14H2/b24-22-. The molecule has 6 rings (SSSR count). The number of anilines is 1. The Morgan fingerprint density at radius 3 is 2.58 bits per heavy atom. The van der Waals surface area contributed by atoms with Gasteiger partial charge in [0.2, 0.25) is 6.79 Å². The van der Waals surface area contributed by atoms with E-state index in [4.69, 9.17) is 13.9 Å². The number of carbonyl (C=O) groups excluding carboxylic acids is 2. The van der Waals surface area contributed by atoms with Gasteiger partial charge in [-0.3, -0.25) is 14.5 Å². The molecule has 1 atom stereocenters. The number of hydrogen-bond donors (Lipinski definition) is 1. The molecule has 0 radical (unpaired) electrons. The van der Waals surface area contributed by atoms with Gasteiger partial charge in [-0.25, -0.2) is 0 Å². The van der Waals surface area contributed by atoms with E-state index in [0.29, 0.717) is 28.5 Å². The van der Waals surface area contributed by atoms with E-state index in [1.54, 1.807) is 30.3 Å². The summed E-state index contributed by atoms with van der Waals surface area (Å²) < 4.78 is 16.4. The summed E-state index contributed by atoms with van der Waals surface area (Å²) >= 11 is 0. The maximum Gasteiger partial charge on any atom is 0.300 e. The van der Waals surface area contributed by atoms with Crippen LogP contribution in [0.1, 0.15) is 41.3 Å². The first-order chi connectivity index (χ1) is 16.1. The number of aliphatic hydroxyl groups is 1. The van der Waals surface area contributed by atoms with Gasteiger partial charge in [0.1, 0.15) is 17.6 Å². The number of carbonyl (C=O) groups is 2. The van der Waals surface area contributed by atoms with Gasteiger partial charge in [0.15, 0.2) is 11.5 Å². The summed E-state index contributed by atoms with van der Waals surface area (Å²) in [6.45, 7) is 0.0948. The highest BCUT2D eigenvalue weighted by atomic mass is 16.7. The molecule has 1 unspecified atom stereocenters. The molecular weight excluding hydrogens is 422 g/mol. The molecule has 3 aromatic rings. The van der Waals surface area contributed by atoms with Gasteiger partial charge in [0.25, 0.3) is 11.7 Å². The van der Waals surface area contributed by atoms with E-state index in [-0.39, 0.29) is 18.1 Å². The Kier molecular flexibility index (Phi) is 4.50. The van der Waals surface area contributed by atoms with Crippen molar-refractivity contribution in [2.45, 2.75) is 31.7 Å². The number of amides is 1. The van der Waals surface area contributed by atoms with E-state index in [1.165, 1.54) is 22.3 Å². The smallest absolute Gasteiger partial charge is 0.300 e. The normalized spacial score (nSPS) is 20.8. The second-order valence-corrected chi connectivity index (χ2v) is 8.41. The maximum absolute atomic E-state index is 13.2. The Labute approximate surface area is 189 Å². The predicted molar refractivity (Wildman–Crippen MR) is 119 cm³/mol. The maximum atomic E-state index is 13.2. The van der Waals surface area contributed by atoms with Gasteiger partial charge in [0, 0.05) is 17.3 Å². The van der Waals surface area contributed by atoms with Crippen molar-refractivity contribution in [1.82, 2.24) is 0 Å². The number of ether oxygens (including phenoxy) is 2. The van der Waals surface area contributed by atoms with Gasteiger partial charge >= 0.3 is 0 Å². The van der Waals surface area contributed by atoms with Crippen molar-refractivity contribution in [3.63, 3.8) is 0 Å². The van der Waals surface area contributed by atoms with Gasteiger partial charge < -0.3 is 19.0 Å². The minimum Gasteiger partial charge on any atom is -0.507 e. The SMILES string of the molecule is O=C1C(=O)N(c2ccc3c(c2)OCO3)C(c2ccco2)/C1=C(/O)c1ccc2c(c1)CCCC2. The first-order valence-electron chi connectivity index (χ1n) is 11.0. The van der Waals surface area contributed by atoms with Crippen molar-refractivity contribution >= 4 is 23.1 Å². The molecule has 0 bridgehead atoms. The molecule has 3 heterocycles. The molecule has 2 aromatic carbocycles. The van der Waals surface area contributed by atoms with Crippen LogP contribution in [0.15, 0.2) is 64.8 Å². The van der Waals surface area contributed by atoms with Crippen molar-refractivity contribution in [2.24, 2.45) is 0 Å². The lowest BCUT2D eigenvalue weighted by Crippen LogP contribution is -2.29. The summed E-state index contributed by atoms with van der Waals surface area (Å²) in [5, 5.41) is 11.3. The van der Waals surface area contributed by atoms with Crippen LogP contribution in [0, 0.1) is 0 Å². The van der Waals surface area contributed by atoms with Crippen LogP contribution in [0.4, 0.5) is 5.69 Å². The van der Waals surface area contributed by atoms with Crippen LogP contribution in [0.3, 0.4) is 0 Å². The molecule has 1 saturated heterocycles. The predicted octanol–water partition coefficient (Wildman–Crippen LogP) is 4.51. The van der Waals surface area contributed by atoms with Gasteiger partial charge in [-0.05, 0) is 67.1 Å². The van der Waals surface area contributed by atoms with E-state index < -0.39 is 17.7 Å². The summed E-state index contributed by atoms with van der Waals surface area (Å²) in [6, 6.07) is 13.2. The van der Waals surface area contributed by atoms with Gasteiger partial charge in [-0.15, -0.1) is 0 Å². The zero-order valence-corrected chi connectivity index (χ0v) is 17.7. The van der Waals surface area contributed by atoms with Crippen molar-refractivity contribution in [3.8, 4) is 11.5 Å². The van der Waals surface area contributed by atoms with Crippen LogP contribution in [0.5, 0.6) is 11.5 Å². The molecule has 2 aliphatic heterocycles. The number of hydrogen-bond acceptors (Lipinski definition) is 6. The Balaban J connectivity index is 1.50. The van der Waals surface area contributed by atoms with Crippen molar-refractivity contribution in [1.29, 1.82) is 0 Å². The lowest BCUT2D eigenvalue weighted by Gasteiger charge is -2.23. The summed E-state index contributed by atoms with van der Waals surface area (Å²) in [4.78, 5) is 27.8. The number of benzene rings is 2. The summed E-state index contributed by atoms with van der Waals surface area (Å²) in [5.74, 6) is -0.266. The molecule has 33 heavy (non-hydrogen) atoms. The molecule has 3 aliphatic rings. The first kappa shape index (κ1) is 19.7. The summed E-state index contributed by atoms with van der Waals surface area (Å²) in [6.07, 6.45) is 5.67. The Morgan fingerprint density at radius 1 is 0.939 bits per heavy atom.